The standard InChI is InChI=1S/C14H16N6O/c15-6-7-19(9-11-4-2-1-3-5-11)12-8-13-17-18-14(21)20(13)10-16-12/h1-5,8,10H,6-7,9,15H2,(H,18,21). The lowest BCUT2D eigenvalue weighted by Gasteiger charge is -2.23. The van der Waals surface area contributed by atoms with E-state index >= 15 is 0 Å². The summed E-state index contributed by atoms with van der Waals surface area (Å²) in [7, 11) is 0. The van der Waals surface area contributed by atoms with Gasteiger partial charge in [-0.2, -0.15) is 5.10 Å². The monoisotopic (exact) mass is 284 g/mol. The lowest BCUT2D eigenvalue weighted by atomic mass is 10.2. The smallest absolute Gasteiger partial charge is 0.348 e. The summed E-state index contributed by atoms with van der Waals surface area (Å²) in [4.78, 5) is 17.8. The van der Waals surface area contributed by atoms with E-state index in [-0.39, 0.29) is 5.69 Å². The molecule has 7 nitrogen and oxygen atoms in total. The van der Waals surface area contributed by atoms with E-state index in [9.17, 15) is 4.79 Å². The number of nitrogens with two attached hydrogens (primary N) is 1. The lowest BCUT2D eigenvalue weighted by molar-refractivity contribution is 0.772. The molecule has 0 fully saturated rings. The van der Waals surface area contributed by atoms with Crippen molar-refractivity contribution in [2.24, 2.45) is 5.73 Å². The van der Waals surface area contributed by atoms with Crippen molar-refractivity contribution in [2.45, 2.75) is 6.54 Å². The molecule has 0 aliphatic carbocycles. The second-order valence-electron chi connectivity index (χ2n) is 4.70. The van der Waals surface area contributed by atoms with Gasteiger partial charge in [-0.15, -0.1) is 0 Å². The highest BCUT2D eigenvalue weighted by molar-refractivity contribution is 5.50. The molecule has 0 spiro atoms. The number of aromatic nitrogens is 4. The molecule has 0 atom stereocenters. The number of nitrogens with one attached hydrogen (secondary N) is 1. The lowest BCUT2D eigenvalue weighted by Crippen LogP contribution is -2.29. The van der Waals surface area contributed by atoms with Crippen LogP contribution in [0.25, 0.3) is 5.65 Å². The van der Waals surface area contributed by atoms with Crippen LogP contribution in [0.2, 0.25) is 0 Å². The van der Waals surface area contributed by atoms with Crippen LogP contribution < -0.4 is 16.3 Å². The molecule has 0 radical (unpaired) electrons. The quantitative estimate of drug-likeness (QED) is 0.707. The highest BCUT2D eigenvalue weighted by Gasteiger charge is 2.10. The van der Waals surface area contributed by atoms with Gasteiger partial charge >= 0.3 is 5.69 Å². The van der Waals surface area contributed by atoms with Gasteiger partial charge in [0.2, 0.25) is 0 Å². The fourth-order valence-corrected chi connectivity index (χ4v) is 2.21. The summed E-state index contributed by atoms with van der Waals surface area (Å²) in [5.41, 5.74) is 7.11. The Morgan fingerprint density at radius 1 is 1.29 bits per heavy atom. The van der Waals surface area contributed by atoms with Crippen molar-refractivity contribution in [3.05, 3.63) is 58.8 Å². The van der Waals surface area contributed by atoms with E-state index in [0.29, 0.717) is 25.3 Å². The van der Waals surface area contributed by atoms with Crippen molar-refractivity contribution in [1.82, 2.24) is 19.6 Å². The van der Waals surface area contributed by atoms with Crippen LogP contribution in [0.4, 0.5) is 5.82 Å². The highest BCUT2D eigenvalue weighted by Crippen LogP contribution is 2.14. The number of H-pyrrole nitrogens is 1. The normalized spacial score (nSPS) is 10.9. The van der Waals surface area contributed by atoms with Crippen molar-refractivity contribution >= 4 is 11.5 Å². The van der Waals surface area contributed by atoms with E-state index in [2.05, 4.69) is 32.2 Å². The fourth-order valence-electron chi connectivity index (χ4n) is 2.21. The van der Waals surface area contributed by atoms with E-state index < -0.39 is 0 Å². The van der Waals surface area contributed by atoms with Crippen LogP contribution in [-0.4, -0.2) is 32.7 Å². The molecule has 7 heteroatoms. The zero-order valence-corrected chi connectivity index (χ0v) is 11.4. The Morgan fingerprint density at radius 2 is 2.10 bits per heavy atom. The van der Waals surface area contributed by atoms with Crippen LogP contribution in [0.5, 0.6) is 0 Å². The van der Waals surface area contributed by atoms with Gasteiger partial charge in [0.25, 0.3) is 0 Å². The third-order valence-corrected chi connectivity index (χ3v) is 3.23. The Bertz CT molecular complexity index is 779. The summed E-state index contributed by atoms with van der Waals surface area (Å²) in [5.74, 6) is 0.746. The SMILES string of the molecule is NCCN(Cc1ccccc1)c1cc2n[nH]c(=O)n2cn1. The maximum Gasteiger partial charge on any atom is 0.348 e. The van der Waals surface area contributed by atoms with Crippen LogP contribution in [0, 0.1) is 0 Å². The molecule has 3 rings (SSSR count). The van der Waals surface area contributed by atoms with Crippen molar-refractivity contribution in [3.8, 4) is 0 Å². The maximum atomic E-state index is 11.4. The van der Waals surface area contributed by atoms with Gasteiger partial charge in [0, 0.05) is 25.7 Å². The van der Waals surface area contributed by atoms with Crippen LogP contribution in [0.15, 0.2) is 47.5 Å². The molecule has 2 aromatic heterocycles. The van der Waals surface area contributed by atoms with Gasteiger partial charge in [-0.1, -0.05) is 30.3 Å². The largest absolute Gasteiger partial charge is 0.351 e. The van der Waals surface area contributed by atoms with Gasteiger partial charge in [-0.3, -0.25) is 0 Å². The zero-order chi connectivity index (χ0) is 14.7. The van der Waals surface area contributed by atoms with Crippen LogP contribution in [-0.2, 0) is 6.54 Å². The first-order valence-corrected chi connectivity index (χ1v) is 6.69. The first-order valence-electron chi connectivity index (χ1n) is 6.69. The Kier molecular flexibility index (Phi) is 3.65. The summed E-state index contributed by atoms with van der Waals surface area (Å²) in [6, 6.07) is 11.9. The average molecular weight is 284 g/mol. The number of rotatable bonds is 5. The van der Waals surface area contributed by atoms with Gasteiger partial charge in [0.15, 0.2) is 5.65 Å². The van der Waals surface area contributed by atoms with E-state index in [1.165, 1.54) is 16.3 Å². The first kappa shape index (κ1) is 13.3. The van der Waals surface area contributed by atoms with Gasteiger partial charge in [0.05, 0.1) is 0 Å². The summed E-state index contributed by atoms with van der Waals surface area (Å²) >= 11 is 0. The molecule has 0 aliphatic rings. The first-order chi connectivity index (χ1) is 10.3. The number of anilines is 1. The van der Waals surface area contributed by atoms with Gasteiger partial charge in [-0.05, 0) is 5.56 Å². The van der Waals surface area contributed by atoms with E-state index in [4.69, 9.17) is 5.73 Å². The van der Waals surface area contributed by atoms with Crippen molar-refractivity contribution in [3.63, 3.8) is 0 Å². The Hall–Kier alpha value is -2.67. The summed E-state index contributed by atoms with van der Waals surface area (Å²) in [6.07, 6.45) is 1.48. The number of aromatic amines is 1. The molecular weight excluding hydrogens is 268 g/mol. The maximum absolute atomic E-state index is 11.4. The number of hydrogen-bond acceptors (Lipinski definition) is 5. The molecule has 108 valence electrons. The minimum absolute atomic E-state index is 0.294. The molecule has 3 N–H and O–H groups in total. The number of nitrogens with zero attached hydrogens (tertiary/aromatic N) is 4. The molecule has 0 aliphatic heterocycles. The summed E-state index contributed by atoms with van der Waals surface area (Å²) < 4.78 is 1.37. The average Bonchev–Trinajstić information content (AvgIpc) is 2.89. The molecule has 0 saturated heterocycles. The molecule has 0 bridgehead atoms. The number of benzene rings is 1. The van der Waals surface area contributed by atoms with Gasteiger partial charge in [0.1, 0.15) is 12.1 Å². The second kappa shape index (κ2) is 5.76. The molecular formula is C14H16N6O. The predicted octanol–water partition coefficient (Wildman–Crippen LogP) is 0.383. The van der Waals surface area contributed by atoms with Crippen molar-refractivity contribution < 1.29 is 0 Å². The zero-order valence-electron chi connectivity index (χ0n) is 11.4. The fraction of sp³-hybridized carbons (Fsp3) is 0.214. The summed E-state index contributed by atoms with van der Waals surface area (Å²) in [5, 5.41) is 6.35. The van der Waals surface area contributed by atoms with Gasteiger partial charge < -0.3 is 10.6 Å². The van der Waals surface area contributed by atoms with E-state index in [1.54, 1.807) is 6.07 Å². The summed E-state index contributed by atoms with van der Waals surface area (Å²) in [6.45, 7) is 1.90. The minimum Gasteiger partial charge on any atom is -0.351 e. The molecule has 2 heterocycles. The van der Waals surface area contributed by atoms with E-state index in [0.717, 1.165) is 5.82 Å². The van der Waals surface area contributed by atoms with Crippen LogP contribution >= 0.6 is 0 Å². The Balaban J connectivity index is 1.92. The highest BCUT2D eigenvalue weighted by atomic mass is 16.1. The Labute approximate surface area is 121 Å². The third kappa shape index (κ3) is 2.77. The molecule has 0 unspecified atom stereocenters. The second-order valence-corrected chi connectivity index (χ2v) is 4.70. The van der Waals surface area contributed by atoms with Crippen LogP contribution in [0.3, 0.4) is 0 Å². The van der Waals surface area contributed by atoms with E-state index in [1.807, 2.05) is 18.2 Å². The third-order valence-electron chi connectivity index (χ3n) is 3.23. The molecule has 21 heavy (non-hydrogen) atoms. The van der Waals surface area contributed by atoms with Crippen LogP contribution in [0.1, 0.15) is 5.56 Å². The van der Waals surface area contributed by atoms with Gasteiger partial charge in [-0.25, -0.2) is 19.3 Å². The molecule has 0 amide bonds. The minimum atomic E-state index is -0.294. The Morgan fingerprint density at radius 3 is 2.86 bits per heavy atom. The number of fused-ring (bicyclic) bond motifs is 1. The van der Waals surface area contributed by atoms with Crippen molar-refractivity contribution in [2.75, 3.05) is 18.0 Å². The predicted molar refractivity (Wildman–Crippen MR) is 80.2 cm³/mol. The van der Waals surface area contributed by atoms with Crippen molar-refractivity contribution in [1.29, 1.82) is 0 Å². The topological polar surface area (TPSA) is 92.3 Å². The molecule has 1 aromatic carbocycles. The number of hydrogen-bond donors (Lipinski definition) is 2. The molecule has 3 aromatic rings. The molecule has 0 saturated carbocycles.